The van der Waals surface area contributed by atoms with Crippen molar-refractivity contribution in [1.29, 1.82) is 0 Å². The van der Waals surface area contributed by atoms with Crippen molar-refractivity contribution in [2.45, 2.75) is 58.8 Å². The van der Waals surface area contributed by atoms with Gasteiger partial charge >= 0.3 is 5.97 Å². The second-order valence-corrected chi connectivity index (χ2v) is 6.21. The lowest BCUT2D eigenvalue weighted by molar-refractivity contribution is -0.143. The Balaban J connectivity index is 2.16. The molecule has 1 aliphatic heterocycles. The minimum atomic E-state index is -0.136. The Kier molecular flexibility index (Phi) is 12.2. The average Bonchev–Trinajstić information content (AvgIpc) is 2.84. The van der Waals surface area contributed by atoms with E-state index in [0.717, 1.165) is 38.4 Å². The molecule has 6 heteroatoms. The van der Waals surface area contributed by atoms with Gasteiger partial charge in [-0.2, -0.15) is 0 Å². The normalized spacial score (nSPS) is 16.5. The Bertz CT molecular complexity index is 353. The number of rotatable bonds is 10. The van der Waals surface area contributed by atoms with Crippen molar-refractivity contribution >= 4 is 11.9 Å². The van der Waals surface area contributed by atoms with Gasteiger partial charge < -0.3 is 20.3 Å². The lowest BCUT2D eigenvalue weighted by Crippen LogP contribution is -2.39. The Morgan fingerprint density at radius 1 is 1.08 bits per heavy atom. The van der Waals surface area contributed by atoms with E-state index in [-0.39, 0.29) is 5.97 Å². The molecule has 0 aromatic heterocycles. The average molecular weight is 341 g/mol. The van der Waals surface area contributed by atoms with Crippen molar-refractivity contribution in [3.8, 4) is 0 Å². The predicted molar refractivity (Wildman–Crippen MR) is 99.4 cm³/mol. The number of nitrogens with one attached hydrogen (secondary N) is 2. The first-order valence-electron chi connectivity index (χ1n) is 9.66. The lowest BCUT2D eigenvalue weighted by atomic mass is 10.2. The zero-order valence-corrected chi connectivity index (χ0v) is 15.6. The highest BCUT2D eigenvalue weighted by Crippen LogP contribution is 2.09. The number of guanidine groups is 1. The monoisotopic (exact) mass is 340 g/mol. The van der Waals surface area contributed by atoms with E-state index in [0.29, 0.717) is 19.6 Å². The number of nitrogens with zero attached hydrogens (tertiary/aromatic N) is 2. The zero-order valence-electron chi connectivity index (χ0n) is 15.6. The van der Waals surface area contributed by atoms with Crippen molar-refractivity contribution < 1.29 is 9.53 Å². The molecule has 1 rings (SSSR count). The van der Waals surface area contributed by atoms with Gasteiger partial charge in [-0.15, -0.1) is 0 Å². The molecule has 140 valence electrons. The van der Waals surface area contributed by atoms with Gasteiger partial charge in [0.05, 0.1) is 6.61 Å². The topological polar surface area (TPSA) is 66.0 Å². The van der Waals surface area contributed by atoms with Crippen molar-refractivity contribution in [3.05, 3.63) is 0 Å². The van der Waals surface area contributed by atoms with Crippen LogP contribution >= 0.6 is 0 Å². The molecule has 0 amide bonds. The highest BCUT2D eigenvalue weighted by molar-refractivity contribution is 5.79. The van der Waals surface area contributed by atoms with Crippen molar-refractivity contribution in [2.75, 3.05) is 45.9 Å². The van der Waals surface area contributed by atoms with Crippen molar-refractivity contribution in [2.24, 2.45) is 4.99 Å². The summed E-state index contributed by atoms with van der Waals surface area (Å²) in [6, 6.07) is 0. The molecule has 6 nitrogen and oxygen atoms in total. The summed E-state index contributed by atoms with van der Waals surface area (Å²) < 4.78 is 4.92. The summed E-state index contributed by atoms with van der Waals surface area (Å²) in [5.74, 6) is 0.709. The van der Waals surface area contributed by atoms with Gasteiger partial charge in [-0.25, -0.2) is 0 Å². The Morgan fingerprint density at radius 3 is 2.50 bits per heavy atom. The SMILES string of the molecule is CCNC(=NCCCC(=O)OCC)NCCCN1CCCCCC1. The maximum absolute atomic E-state index is 11.3. The molecule has 0 saturated carbocycles. The molecule has 1 saturated heterocycles. The number of carbonyl (C=O) groups is 1. The number of carbonyl (C=O) groups excluding carboxylic acids is 1. The van der Waals surface area contributed by atoms with Crippen LogP contribution in [0.25, 0.3) is 0 Å². The number of esters is 1. The van der Waals surface area contributed by atoms with E-state index in [1.165, 1.54) is 38.8 Å². The molecule has 24 heavy (non-hydrogen) atoms. The van der Waals surface area contributed by atoms with E-state index in [4.69, 9.17) is 4.74 Å². The van der Waals surface area contributed by atoms with Crippen LogP contribution in [0.1, 0.15) is 58.8 Å². The van der Waals surface area contributed by atoms with E-state index in [9.17, 15) is 4.79 Å². The summed E-state index contributed by atoms with van der Waals surface area (Å²) in [6.45, 7) is 10.4. The Hall–Kier alpha value is -1.30. The number of ether oxygens (including phenoxy) is 1. The summed E-state index contributed by atoms with van der Waals surface area (Å²) in [5, 5.41) is 6.64. The van der Waals surface area contributed by atoms with E-state index in [1.54, 1.807) is 0 Å². The minimum absolute atomic E-state index is 0.136. The third kappa shape index (κ3) is 10.5. The lowest BCUT2D eigenvalue weighted by Gasteiger charge is -2.20. The van der Waals surface area contributed by atoms with Crippen LogP contribution in [0.5, 0.6) is 0 Å². The second kappa shape index (κ2) is 14.1. The third-order valence-electron chi connectivity index (χ3n) is 4.10. The van der Waals surface area contributed by atoms with Gasteiger partial charge in [0.2, 0.25) is 0 Å². The number of hydrogen-bond donors (Lipinski definition) is 2. The number of aliphatic imine (C=N–C) groups is 1. The second-order valence-electron chi connectivity index (χ2n) is 6.21. The number of hydrogen-bond acceptors (Lipinski definition) is 4. The van der Waals surface area contributed by atoms with Gasteiger partial charge in [0.25, 0.3) is 0 Å². The molecule has 1 aliphatic rings. The Labute approximate surface area is 147 Å². The molecule has 1 fully saturated rings. The molecular weight excluding hydrogens is 304 g/mol. The largest absolute Gasteiger partial charge is 0.466 e. The first-order valence-corrected chi connectivity index (χ1v) is 9.66. The maximum Gasteiger partial charge on any atom is 0.305 e. The summed E-state index contributed by atoms with van der Waals surface area (Å²) >= 11 is 0. The van der Waals surface area contributed by atoms with E-state index in [1.807, 2.05) is 6.92 Å². The van der Waals surface area contributed by atoms with Crippen LogP contribution in [-0.4, -0.2) is 62.7 Å². The molecule has 2 N–H and O–H groups in total. The first kappa shape index (κ1) is 20.7. The van der Waals surface area contributed by atoms with Crippen LogP contribution in [0.2, 0.25) is 0 Å². The molecule has 0 aromatic carbocycles. The fraction of sp³-hybridized carbons (Fsp3) is 0.889. The van der Waals surface area contributed by atoms with Gasteiger partial charge in [0.1, 0.15) is 0 Å². The smallest absolute Gasteiger partial charge is 0.305 e. The van der Waals surface area contributed by atoms with Crippen molar-refractivity contribution in [1.82, 2.24) is 15.5 Å². The van der Waals surface area contributed by atoms with Gasteiger partial charge in [-0.1, -0.05) is 12.8 Å². The van der Waals surface area contributed by atoms with Gasteiger partial charge in [-0.05, 0) is 59.2 Å². The third-order valence-corrected chi connectivity index (χ3v) is 4.10. The van der Waals surface area contributed by atoms with Crippen LogP contribution in [0.4, 0.5) is 0 Å². The highest BCUT2D eigenvalue weighted by Gasteiger charge is 2.08. The minimum Gasteiger partial charge on any atom is -0.466 e. The summed E-state index contributed by atoms with van der Waals surface area (Å²) in [6.07, 6.45) is 7.76. The van der Waals surface area contributed by atoms with Crippen molar-refractivity contribution in [3.63, 3.8) is 0 Å². The molecule has 0 aromatic rings. The Morgan fingerprint density at radius 2 is 1.83 bits per heavy atom. The summed E-state index contributed by atoms with van der Waals surface area (Å²) in [7, 11) is 0. The van der Waals surface area contributed by atoms with E-state index in [2.05, 4.69) is 27.4 Å². The maximum atomic E-state index is 11.3. The van der Waals surface area contributed by atoms with Gasteiger partial charge in [0, 0.05) is 26.1 Å². The fourth-order valence-corrected chi connectivity index (χ4v) is 2.86. The molecular formula is C18H36N4O2. The first-order chi connectivity index (χ1) is 11.8. The molecule has 0 radical (unpaired) electrons. The molecule has 1 heterocycles. The number of likely N-dealkylation sites (tertiary alicyclic amines) is 1. The standard InChI is InChI=1S/C18H36N4O2/c1-3-19-18(20-12-9-11-17(23)24-4-2)21-13-10-16-22-14-7-5-6-8-15-22/h3-16H2,1-2H3,(H2,19,20,21). The van der Waals surface area contributed by atoms with Gasteiger partial charge in [0.15, 0.2) is 5.96 Å². The van der Waals surface area contributed by atoms with Crippen LogP contribution in [0.15, 0.2) is 4.99 Å². The molecule has 0 atom stereocenters. The van der Waals surface area contributed by atoms with Crippen LogP contribution in [0.3, 0.4) is 0 Å². The summed E-state index contributed by atoms with van der Waals surface area (Å²) in [5.41, 5.74) is 0. The predicted octanol–water partition coefficient (Wildman–Crippen LogP) is 2.15. The van der Waals surface area contributed by atoms with E-state index < -0.39 is 0 Å². The molecule has 0 unspecified atom stereocenters. The zero-order chi connectivity index (χ0) is 17.5. The quantitative estimate of drug-likeness (QED) is 0.276. The van der Waals surface area contributed by atoms with Gasteiger partial charge in [-0.3, -0.25) is 9.79 Å². The highest BCUT2D eigenvalue weighted by atomic mass is 16.5. The van der Waals surface area contributed by atoms with Crippen LogP contribution in [0, 0.1) is 0 Å². The van der Waals surface area contributed by atoms with Crippen LogP contribution < -0.4 is 10.6 Å². The summed E-state index contributed by atoms with van der Waals surface area (Å²) in [4.78, 5) is 18.4. The molecule has 0 spiro atoms. The molecule has 0 bridgehead atoms. The molecule has 0 aliphatic carbocycles. The van der Waals surface area contributed by atoms with Crippen LogP contribution in [-0.2, 0) is 9.53 Å². The fourth-order valence-electron chi connectivity index (χ4n) is 2.86. The van der Waals surface area contributed by atoms with E-state index >= 15 is 0 Å².